The van der Waals surface area contributed by atoms with Crippen LogP contribution in [0, 0.1) is 35.3 Å². The molecule has 2 fully saturated rings. The molecule has 5 atom stereocenters. The Morgan fingerprint density at radius 1 is 1.14 bits per heavy atom. The van der Waals surface area contributed by atoms with E-state index < -0.39 is 29.7 Å². The van der Waals surface area contributed by atoms with E-state index in [2.05, 4.69) is 26.1 Å². The molecule has 0 bridgehead atoms. The van der Waals surface area contributed by atoms with Gasteiger partial charge in [0.15, 0.2) is 11.6 Å². The Balaban J connectivity index is 1.63. The minimum Gasteiger partial charge on any atom is -0.461 e. The van der Waals surface area contributed by atoms with Crippen molar-refractivity contribution in [2.75, 3.05) is 0 Å². The third kappa shape index (κ3) is 6.83. The van der Waals surface area contributed by atoms with Crippen LogP contribution < -0.4 is 5.32 Å². The van der Waals surface area contributed by atoms with Gasteiger partial charge in [0.1, 0.15) is 12.1 Å². The van der Waals surface area contributed by atoms with Crippen LogP contribution in [0.2, 0.25) is 0 Å². The average molecular weight is 507 g/mol. The molecule has 1 saturated heterocycles. The van der Waals surface area contributed by atoms with Gasteiger partial charge in [-0.2, -0.15) is 0 Å². The van der Waals surface area contributed by atoms with E-state index in [-0.39, 0.29) is 48.8 Å². The van der Waals surface area contributed by atoms with E-state index in [0.29, 0.717) is 24.2 Å². The van der Waals surface area contributed by atoms with Crippen molar-refractivity contribution in [3.05, 3.63) is 35.4 Å². The lowest BCUT2D eigenvalue weighted by Gasteiger charge is -2.37. The highest BCUT2D eigenvalue weighted by Crippen LogP contribution is 2.35. The van der Waals surface area contributed by atoms with Crippen LogP contribution >= 0.6 is 0 Å². The van der Waals surface area contributed by atoms with Gasteiger partial charge in [0.2, 0.25) is 11.8 Å². The molecule has 1 aliphatic carbocycles. The second-order valence-corrected chi connectivity index (χ2v) is 11.2. The molecule has 1 aromatic rings. The van der Waals surface area contributed by atoms with Crippen molar-refractivity contribution >= 4 is 17.8 Å². The van der Waals surface area contributed by atoms with Gasteiger partial charge in [-0.25, -0.2) is 13.6 Å². The van der Waals surface area contributed by atoms with Crippen molar-refractivity contribution in [2.45, 2.75) is 97.9 Å². The van der Waals surface area contributed by atoms with Gasteiger partial charge in [-0.05, 0) is 49.0 Å². The van der Waals surface area contributed by atoms with E-state index in [1.165, 1.54) is 17.0 Å². The molecule has 2 amide bonds. The van der Waals surface area contributed by atoms with Crippen LogP contribution in [0.25, 0.3) is 0 Å². The standard InChI is InChI=1S/C28H40F2N2O4/c1-16(2)21-11-9-18(5)13-23(21)36-28(35)27(17(3)4)31-24(33)14-20-10-12-25(34)32(20)15-19-7-6-8-22(29)26(19)30/h6-8,16-18,20-21,23,27H,9-15H2,1-5H3,(H,31,33)/t18-,20-,21+,23-,27-/m0/s1. The van der Waals surface area contributed by atoms with Gasteiger partial charge in [0.25, 0.3) is 0 Å². The first kappa shape index (κ1) is 28.1. The molecule has 0 radical (unpaired) electrons. The number of carbonyl (C=O) groups is 3. The molecule has 6 nitrogen and oxygen atoms in total. The number of nitrogens with zero attached hydrogens (tertiary/aromatic N) is 1. The van der Waals surface area contributed by atoms with E-state index in [4.69, 9.17) is 4.74 Å². The summed E-state index contributed by atoms with van der Waals surface area (Å²) in [6.07, 6.45) is 3.46. The Kier molecular flexibility index (Phi) is 9.47. The molecular formula is C28H40F2N2O4. The number of hydrogen-bond acceptors (Lipinski definition) is 4. The molecule has 1 N–H and O–H groups in total. The van der Waals surface area contributed by atoms with Gasteiger partial charge in [0.05, 0.1) is 0 Å². The number of ether oxygens (including phenoxy) is 1. The number of hydrogen-bond donors (Lipinski definition) is 1. The molecule has 8 heteroatoms. The van der Waals surface area contributed by atoms with Crippen LogP contribution in [0.5, 0.6) is 0 Å². The third-order valence-corrected chi connectivity index (χ3v) is 7.71. The molecule has 200 valence electrons. The zero-order valence-corrected chi connectivity index (χ0v) is 22.1. The highest BCUT2D eigenvalue weighted by atomic mass is 19.2. The number of amides is 2. The number of nitrogens with one attached hydrogen (secondary N) is 1. The van der Waals surface area contributed by atoms with E-state index >= 15 is 0 Å². The number of rotatable bonds is 9. The molecule has 1 aliphatic heterocycles. The van der Waals surface area contributed by atoms with Gasteiger partial charge in [0, 0.05) is 31.0 Å². The molecule has 0 spiro atoms. The maximum atomic E-state index is 14.2. The number of carbonyl (C=O) groups excluding carboxylic acids is 3. The summed E-state index contributed by atoms with van der Waals surface area (Å²) in [6, 6.07) is 2.61. The van der Waals surface area contributed by atoms with Crippen LogP contribution in [0.3, 0.4) is 0 Å². The molecule has 1 saturated carbocycles. The van der Waals surface area contributed by atoms with Crippen molar-refractivity contribution in [3.63, 3.8) is 0 Å². The van der Waals surface area contributed by atoms with Gasteiger partial charge in [-0.15, -0.1) is 0 Å². The van der Waals surface area contributed by atoms with E-state index in [1.54, 1.807) is 0 Å². The molecule has 0 aromatic heterocycles. The zero-order valence-electron chi connectivity index (χ0n) is 22.1. The largest absolute Gasteiger partial charge is 0.461 e. The summed E-state index contributed by atoms with van der Waals surface area (Å²) in [6.45, 7) is 10.1. The van der Waals surface area contributed by atoms with E-state index in [1.807, 2.05) is 13.8 Å². The van der Waals surface area contributed by atoms with Crippen LogP contribution in [0.15, 0.2) is 18.2 Å². The zero-order chi connectivity index (χ0) is 26.6. The van der Waals surface area contributed by atoms with Crippen LogP contribution in [0.1, 0.15) is 78.7 Å². The fourth-order valence-corrected chi connectivity index (χ4v) is 5.49. The van der Waals surface area contributed by atoms with Gasteiger partial charge in [-0.1, -0.05) is 53.2 Å². The second kappa shape index (κ2) is 12.2. The lowest BCUT2D eigenvalue weighted by atomic mass is 9.75. The first-order valence-corrected chi connectivity index (χ1v) is 13.2. The molecule has 2 aliphatic rings. The lowest BCUT2D eigenvalue weighted by molar-refractivity contribution is -0.161. The number of halogens is 2. The quantitative estimate of drug-likeness (QED) is 0.479. The molecule has 36 heavy (non-hydrogen) atoms. The van der Waals surface area contributed by atoms with Crippen LogP contribution in [0.4, 0.5) is 8.78 Å². The smallest absolute Gasteiger partial charge is 0.329 e. The minimum atomic E-state index is -0.986. The Bertz CT molecular complexity index is 951. The summed E-state index contributed by atoms with van der Waals surface area (Å²) >= 11 is 0. The highest BCUT2D eigenvalue weighted by Gasteiger charge is 2.37. The summed E-state index contributed by atoms with van der Waals surface area (Å²) in [5, 5.41) is 2.82. The maximum absolute atomic E-state index is 14.2. The Morgan fingerprint density at radius 2 is 1.86 bits per heavy atom. The summed E-state index contributed by atoms with van der Waals surface area (Å²) < 4.78 is 33.8. The minimum absolute atomic E-state index is 0.0196. The molecule has 3 rings (SSSR count). The SMILES string of the molecule is CC(C)[C@H](NC(=O)C[C@@H]1CCC(=O)N1Cc1cccc(F)c1F)C(=O)O[C@H]1C[C@@H](C)CC[C@@H]1C(C)C. The number of esters is 1. The number of benzene rings is 1. The van der Waals surface area contributed by atoms with Crippen molar-refractivity contribution in [3.8, 4) is 0 Å². The summed E-state index contributed by atoms with van der Waals surface area (Å²) in [5.74, 6) is -1.95. The Labute approximate surface area is 213 Å². The van der Waals surface area contributed by atoms with Crippen molar-refractivity contribution in [1.29, 1.82) is 0 Å². The fraction of sp³-hybridized carbons (Fsp3) is 0.679. The van der Waals surface area contributed by atoms with Crippen LogP contribution in [-0.2, 0) is 25.7 Å². The Hall–Kier alpha value is -2.51. The van der Waals surface area contributed by atoms with Gasteiger partial charge < -0.3 is 15.0 Å². The number of likely N-dealkylation sites (tertiary alicyclic amines) is 1. The predicted molar refractivity (Wildman–Crippen MR) is 133 cm³/mol. The Morgan fingerprint density at radius 3 is 2.53 bits per heavy atom. The van der Waals surface area contributed by atoms with Gasteiger partial charge >= 0.3 is 5.97 Å². The molecule has 1 aromatic carbocycles. The van der Waals surface area contributed by atoms with Crippen molar-refractivity contribution in [2.24, 2.45) is 23.7 Å². The van der Waals surface area contributed by atoms with E-state index in [9.17, 15) is 23.2 Å². The monoisotopic (exact) mass is 506 g/mol. The first-order chi connectivity index (χ1) is 17.0. The van der Waals surface area contributed by atoms with Crippen molar-refractivity contribution in [1.82, 2.24) is 10.2 Å². The normalized spacial score (nSPS) is 25.4. The van der Waals surface area contributed by atoms with E-state index in [0.717, 1.165) is 25.3 Å². The predicted octanol–water partition coefficient (Wildman–Crippen LogP) is 4.99. The topological polar surface area (TPSA) is 75.7 Å². The lowest BCUT2D eigenvalue weighted by Crippen LogP contribution is -2.49. The van der Waals surface area contributed by atoms with Crippen molar-refractivity contribution < 1.29 is 27.9 Å². The summed E-state index contributed by atoms with van der Waals surface area (Å²) in [4.78, 5) is 40.0. The summed E-state index contributed by atoms with van der Waals surface area (Å²) in [7, 11) is 0. The second-order valence-electron chi connectivity index (χ2n) is 11.2. The molecule has 1 heterocycles. The maximum Gasteiger partial charge on any atom is 0.329 e. The summed E-state index contributed by atoms with van der Waals surface area (Å²) in [5.41, 5.74) is 0.0701. The molecule has 0 unspecified atom stereocenters. The first-order valence-electron chi connectivity index (χ1n) is 13.2. The van der Waals surface area contributed by atoms with Gasteiger partial charge in [-0.3, -0.25) is 9.59 Å². The average Bonchev–Trinajstić information content (AvgIpc) is 3.13. The fourth-order valence-electron chi connectivity index (χ4n) is 5.49. The molecular weight excluding hydrogens is 466 g/mol. The van der Waals surface area contributed by atoms with Crippen LogP contribution in [-0.4, -0.2) is 40.9 Å². The highest BCUT2D eigenvalue weighted by molar-refractivity contribution is 5.86. The third-order valence-electron chi connectivity index (χ3n) is 7.71.